The van der Waals surface area contributed by atoms with Crippen LogP contribution in [0.25, 0.3) is 0 Å². The number of hydrogen-bond donors (Lipinski definition) is 2. The van der Waals surface area contributed by atoms with E-state index in [9.17, 15) is 5.11 Å². The van der Waals surface area contributed by atoms with E-state index in [1.165, 1.54) is 12.8 Å². The van der Waals surface area contributed by atoms with Crippen molar-refractivity contribution < 1.29 is 5.11 Å². The van der Waals surface area contributed by atoms with Crippen molar-refractivity contribution in [2.75, 3.05) is 6.61 Å². The second-order valence-corrected chi connectivity index (χ2v) is 5.25. The van der Waals surface area contributed by atoms with E-state index in [0.717, 1.165) is 4.90 Å². The minimum atomic E-state index is 0.111. The Labute approximate surface area is 94.1 Å². The Bertz CT molecular complexity index is 303. The molecule has 0 bridgehead atoms. The quantitative estimate of drug-likeness (QED) is 0.740. The first-order valence-corrected chi connectivity index (χ1v) is 6.12. The molecule has 1 saturated carbocycles. The zero-order valence-corrected chi connectivity index (χ0v) is 9.36. The maximum absolute atomic E-state index is 9.32. The summed E-state index contributed by atoms with van der Waals surface area (Å²) in [5.41, 5.74) is 6.09. The summed E-state index contributed by atoms with van der Waals surface area (Å²) in [6.07, 6.45) is 5.96. The predicted molar refractivity (Wildman–Crippen MR) is 61.7 cm³/mol. The number of aliphatic hydroxyl groups is 1. The number of nitrogens with two attached hydrogens (primary N) is 1. The molecule has 15 heavy (non-hydrogen) atoms. The van der Waals surface area contributed by atoms with E-state index in [4.69, 9.17) is 5.73 Å². The SMILES string of the molecule is NC(C1CC1)C(CO)Sc1ccncc1. The minimum Gasteiger partial charge on any atom is -0.395 e. The van der Waals surface area contributed by atoms with E-state index < -0.39 is 0 Å². The Morgan fingerprint density at radius 2 is 2.13 bits per heavy atom. The molecule has 0 spiro atoms. The van der Waals surface area contributed by atoms with Crippen LogP contribution in [0.2, 0.25) is 0 Å². The molecule has 1 heterocycles. The van der Waals surface area contributed by atoms with Crippen LogP contribution < -0.4 is 5.73 Å². The highest BCUT2D eigenvalue weighted by atomic mass is 32.2. The van der Waals surface area contributed by atoms with Crippen molar-refractivity contribution in [2.24, 2.45) is 11.7 Å². The molecule has 0 saturated heterocycles. The van der Waals surface area contributed by atoms with Gasteiger partial charge in [0.25, 0.3) is 0 Å². The zero-order chi connectivity index (χ0) is 10.7. The molecule has 0 aliphatic heterocycles. The van der Waals surface area contributed by atoms with Gasteiger partial charge in [0.1, 0.15) is 0 Å². The highest BCUT2D eigenvalue weighted by Gasteiger charge is 2.34. The summed E-state index contributed by atoms with van der Waals surface area (Å²) in [6, 6.07) is 4.02. The maximum atomic E-state index is 9.32. The number of rotatable bonds is 5. The van der Waals surface area contributed by atoms with Crippen molar-refractivity contribution in [3.63, 3.8) is 0 Å². The van der Waals surface area contributed by atoms with Gasteiger partial charge in [0.15, 0.2) is 0 Å². The van der Waals surface area contributed by atoms with Crippen LogP contribution in [0.3, 0.4) is 0 Å². The Morgan fingerprint density at radius 1 is 1.47 bits per heavy atom. The molecule has 1 aliphatic carbocycles. The summed E-state index contributed by atoms with van der Waals surface area (Å²) in [5, 5.41) is 9.43. The van der Waals surface area contributed by atoms with Crippen LogP contribution in [0.5, 0.6) is 0 Å². The Hall–Kier alpha value is -0.580. The van der Waals surface area contributed by atoms with Gasteiger partial charge < -0.3 is 10.8 Å². The van der Waals surface area contributed by atoms with Gasteiger partial charge in [-0.1, -0.05) is 0 Å². The lowest BCUT2D eigenvalue weighted by Gasteiger charge is -2.20. The predicted octanol–water partition coefficient (Wildman–Crippen LogP) is 1.27. The number of pyridine rings is 1. The van der Waals surface area contributed by atoms with Crippen molar-refractivity contribution >= 4 is 11.8 Å². The van der Waals surface area contributed by atoms with Crippen LogP contribution in [-0.2, 0) is 0 Å². The van der Waals surface area contributed by atoms with Crippen LogP contribution >= 0.6 is 11.8 Å². The summed E-state index contributed by atoms with van der Waals surface area (Å²) in [6.45, 7) is 0.144. The third kappa shape index (κ3) is 2.93. The highest BCUT2D eigenvalue weighted by Crippen LogP contribution is 2.37. The van der Waals surface area contributed by atoms with E-state index in [1.54, 1.807) is 24.2 Å². The normalized spacial score (nSPS) is 19.9. The van der Waals surface area contributed by atoms with Crippen LogP contribution in [0.1, 0.15) is 12.8 Å². The van der Waals surface area contributed by atoms with Crippen molar-refractivity contribution in [2.45, 2.75) is 29.0 Å². The third-order valence-electron chi connectivity index (χ3n) is 2.71. The summed E-state index contributed by atoms with van der Waals surface area (Å²) >= 11 is 1.65. The fraction of sp³-hybridized carbons (Fsp3) is 0.545. The van der Waals surface area contributed by atoms with E-state index in [2.05, 4.69) is 4.98 Å². The summed E-state index contributed by atoms with van der Waals surface area (Å²) in [7, 11) is 0. The zero-order valence-electron chi connectivity index (χ0n) is 8.54. The third-order valence-corrected chi connectivity index (χ3v) is 4.02. The van der Waals surface area contributed by atoms with Crippen molar-refractivity contribution in [1.82, 2.24) is 4.98 Å². The first-order chi connectivity index (χ1) is 7.31. The van der Waals surface area contributed by atoms with Gasteiger partial charge in [0.2, 0.25) is 0 Å². The van der Waals surface area contributed by atoms with Gasteiger partial charge in [0, 0.05) is 28.6 Å². The molecule has 2 rings (SSSR count). The Kier molecular flexibility index (Phi) is 3.61. The lowest BCUT2D eigenvalue weighted by atomic mass is 10.1. The van der Waals surface area contributed by atoms with Crippen LogP contribution in [0.15, 0.2) is 29.4 Å². The van der Waals surface area contributed by atoms with Gasteiger partial charge in [-0.3, -0.25) is 4.98 Å². The molecule has 1 aliphatic rings. The molecule has 0 aromatic carbocycles. The fourth-order valence-corrected chi connectivity index (χ4v) is 2.70. The van der Waals surface area contributed by atoms with Crippen molar-refractivity contribution in [3.05, 3.63) is 24.5 Å². The van der Waals surface area contributed by atoms with Gasteiger partial charge in [-0.25, -0.2) is 0 Å². The molecule has 2 atom stereocenters. The lowest BCUT2D eigenvalue weighted by Crippen LogP contribution is -2.36. The Morgan fingerprint density at radius 3 is 2.67 bits per heavy atom. The maximum Gasteiger partial charge on any atom is 0.0568 e. The largest absolute Gasteiger partial charge is 0.395 e. The van der Waals surface area contributed by atoms with Gasteiger partial charge in [-0.15, -0.1) is 11.8 Å². The van der Waals surface area contributed by atoms with Gasteiger partial charge in [-0.2, -0.15) is 0 Å². The van der Waals surface area contributed by atoms with Crippen LogP contribution in [0, 0.1) is 5.92 Å². The van der Waals surface area contributed by atoms with E-state index in [0.29, 0.717) is 5.92 Å². The topological polar surface area (TPSA) is 59.1 Å². The summed E-state index contributed by atoms with van der Waals surface area (Å²) < 4.78 is 0. The molecular formula is C11H16N2OS. The second kappa shape index (κ2) is 4.96. The van der Waals surface area contributed by atoms with Gasteiger partial charge in [0.05, 0.1) is 6.61 Å². The standard InChI is InChI=1S/C11H16N2OS/c12-11(8-1-2-8)10(7-14)15-9-3-5-13-6-4-9/h3-6,8,10-11,14H,1-2,7,12H2. The highest BCUT2D eigenvalue weighted by molar-refractivity contribution is 8.00. The number of thioether (sulfide) groups is 1. The molecule has 4 heteroatoms. The van der Waals surface area contributed by atoms with Gasteiger partial charge in [-0.05, 0) is 30.9 Å². The average molecular weight is 224 g/mol. The second-order valence-electron chi connectivity index (χ2n) is 3.94. The smallest absolute Gasteiger partial charge is 0.0568 e. The monoisotopic (exact) mass is 224 g/mol. The van der Waals surface area contributed by atoms with E-state index >= 15 is 0 Å². The first kappa shape index (κ1) is 10.9. The van der Waals surface area contributed by atoms with Crippen molar-refractivity contribution in [1.29, 1.82) is 0 Å². The van der Waals surface area contributed by atoms with Crippen LogP contribution in [-0.4, -0.2) is 28.0 Å². The van der Waals surface area contributed by atoms with Crippen LogP contribution in [0.4, 0.5) is 0 Å². The molecule has 82 valence electrons. The van der Waals surface area contributed by atoms with E-state index in [1.807, 2.05) is 12.1 Å². The number of aliphatic hydroxyl groups excluding tert-OH is 1. The molecular weight excluding hydrogens is 208 g/mol. The van der Waals surface area contributed by atoms with Gasteiger partial charge >= 0.3 is 0 Å². The molecule has 3 nitrogen and oxygen atoms in total. The molecule has 2 unspecified atom stereocenters. The number of nitrogens with zero attached hydrogens (tertiary/aromatic N) is 1. The molecule has 1 aromatic heterocycles. The molecule has 3 N–H and O–H groups in total. The molecule has 0 radical (unpaired) electrons. The van der Waals surface area contributed by atoms with E-state index in [-0.39, 0.29) is 17.9 Å². The molecule has 0 amide bonds. The summed E-state index contributed by atoms with van der Waals surface area (Å²) in [5.74, 6) is 0.622. The molecule has 1 fully saturated rings. The Balaban J connectivity index is 1.95. The fourth-order valence-electron chi connectivity index (χ4n) is 1.61. The minimum absolute atomic E-state index is 0.111. The summed E-state index contributed by atoms with van der Waals surface area (Å²) in [4.78, 5) is 5.09. The first-order valence-electron chi connectivity index (χ1n) is 5.24. The number of hydrogen-bond acceptors (Lipinski definition) is 4. The number of aromatic nitrogens is 1. The van der Waals surface area contributed by atoms with Crippen molar-refractivity contribution in [3.8, 4) is 0 Å². The molecule has 1 aromatic rings. The average Bonchev–Trinajstić information content (AvgIpc) is 3.10. The lowest BCUT2D eigenvalue weighted by molar-refractivity contribution is 0.277.